The van der Waals surface area contributed by atoms with Crippen molar-refractivity contribution in [2.75, 3.05) is 25.0 Å². The summed E-state index contributed by atoms with van der Waals surface area (Å²) in [7, 11) is 0. The van der Waals surface area contributed by atoms with Gasteiger partial charge in [0.25, 0.3) is 0 Å². The van der Waals surface area contributed by atoms with E-state index in [1.165, 1.54) is 30.6 Å². The largest absolute Gasteiger partial charge is 0.344 e. The number of nitrogens with zero attached hydrogens (tertiary/aromatic N) is 1. The van der Waals surface area contributed by atoms with E-state index in [0.29, 0.717) is 0 Å². The van der Waals surface area contributed by atoms with E-state index in [4.69, 9.17) is 12.2 Å². The summed E-state index contributed by atoms with van der Waals surface area (Å²) in [6.45, 7) is 4.30. The summed E-state index contributed by atoms with van der Waals surface area (Å²) < 4.78 is 0. The molecule has 2 aliphatic heterocycles. The second kappa shape index (κ2) is 5.24. The lowest BCUT2D eigenvalue weighted by atomic mass is 9.98. The highest BCUT2D eigenvalue weighted by molar-refractivity contribution is 7.80. The first-order valence-electron chi connectivity index (χ1n) is 6.67. The third kappa shape index (κ3) is 2.49. The van der Waals surface area contributed by atoms with E-state index >= 15 is 0 Å². The van der Waals surface area contributed by atoms with Crippen molar-refractivity contribution >= 4 is 23.0 Å². The number of rotatable bonds is 2. The van der Waals surface area contributed by atoms with Gasteiger partial charge in [0.2, 0.25) is 0 Å². The van der Waals surface area contributed by atoms with Crippen molar-refractivity contribution in [3.05, 3.63) is 29.8 Å². The van der Waals surface area contributed by atoms with Gasteiger partial charge in [-0.1, -0.05) is 18.2 Å². The number of benzene rings is 1. The van der Waals surface area contributed by atoms with Crippen LogP contribution in [0.3, 0.4) is 0 Å². The van der Waals surface area contributed by atoms with E-state index in [2.05, 4.69) is 39.8 Å². The zero-order chi connectivity index (χ0) is 12.4. The van der Waals surface area contributed by atoms with Crippen molar-refractivity contribution in [1.29, 1.82) is 0 Å². The fraction of sp³-hybridized carbons (Fsp3) is 0.500. The summed E-state index contributed by atoms with van der Waals surface area (Å²) in [6.07, 6.45) is 2.60. The molecule has 1 saturated heterocycles. The molecule has 0 spiro atoms. The zero-order valence-electron chi connectivity index (χ0n) is 10.5. The molecular weight excluding hydrogens is 242 g/mol. The molecule has 3 nitrogen and oxygen atoms in total. The van der Waals surface area contributed by atoms with E-state index in [1.807, 2.05) is 0 Å². The van der Waals surface area contributed by atoms with E-state index in [1.54, 1.807) is 0 Å². The Bertz CT molecular complexity index is 440. The van der Waals surface area contributed by atoms with Gasteiger partial charge in [-0.2, -0.15) is 0 Å². The van der Waals surface area contributed by atoms with Crippen molar-refractivity contribution < 1.29 is 0 Å². The lowest BCUT2D eigenvalue weighted by Gasteiger charge is -2.35. The smallest absolute Gasteiger partial charge is 0.173 e. The number of thiocarbonyl (C=S) groups is 1. The standard InChI is InChI=1S/C14H19N3S/c18-14-16-13-6-2-1-5-12(13)10-17(14)9-11-4-3-7-15-8-11/h1-2,5-6,11,15H,3-4,7-10H2,(H,16,18). The summed E-state index contributed by atoms with van der Waals surface area (Å²) in [6, 6.07) is 8.42. The molecule has 0 amide bonds. The van der Waals surface area contributed by atoms with Crippen LogP contribution in [0.1, 0.15) is 18.4 Å². The molecule has 2 N–H and O–H groups in total. The molecule has 1 aromatic carbocycles. The molecule has 0 bridgehead atoms. The van der Waals surface area contributed by atoms with Gasteiger partial charge in [0, 0.05) is 18.8 Å². The molecule has 96 valence electrons. The molecule has 18 heavy (non-hydrogen) atoms. The molecule has 3 rings (SSSR count). The molecular formula is C14H19N3S. The minimum Gasteiger partial charge on any atom is -0.344 e. The Hall–Kier alpha value is -1.13. The quantitative estimate of drug-likeness (QED) is 0.798. The van der Waals surface area contributed by atoms with Gasteiger partial charge < -0.3 is 15.5 Å². The summed E-state index contributed by atoms with van der Waals surface area (Å²) in [4.78, 5) is 2.30. The van der Waals surface area contributed by atoms with Gasteiger partial charge in [0.15, 0.2) is 5.11 Å². The van der Waals surface area contributed by atoms with Crippen molar-refractivity contribution in [3.8, 4) is 0 Å². The van der Waals surface area contributed by atoms with E-state index in [-0.39, 0.29) is 0 Å². The van der Waals surface area contributed by atoms with Gasteiger partial charge in [-0.25, -0.2) is 0 Å². The van der Waals surface area contributed by atoms with Gasteiger partial charge in [0.05, 0.1) is 0 Å². The lowest BCUT2D eigenvalue weighted by molar-refractivity contribution is 0.282. The number of anilines is 1. The Kier molecular flexibility index (Phi) is 3.48. The van der Waals surface area contributed by atoms with E-state index < -0.39 is 0 Å². The SMILES string of the molecule is S=C1Nc2ccccc2CN1CC1CCCNC1. The van der Waals surface area contributed by atoms with Crippen LogP contribution in [0.4, 0.5) is 5.69 Å². The Morgan fingerprint density at radius 1 is 1.33 bits per heavy atom. The second-order valence-electron chi connectivity index (χ2n) is 5.18. The van der Waals surface area contributed by atoms with E-state index in [9.17, 15) is 0 Å². The molecule has 1 aromatic rings. The Labute approximate surface area is 114 Å². The summed E-state index contributed by atoms with van der Waals surface area (Å²) in [5.41, 5.74) is 2.51. The molecule has 1 atom stereocenters. The lowest BCUT2D eigenvalue weighted by Crippen LogP contribution is -2.44. The number of hydrogen-bond donors (Lipinski definition) is 2. The zero-order valence-corrected chi connectivity index (χ0v) is 11.3. The van der Waals surface area contributed by atoms with Crippen LogP contribution in [-0.4, -0.2) is 29.6 Å². The van der Waals surface area contributed by atoms with Crippen molar-refractivity contribution in [2.24, 2.45) is 5.92 Å². The van der Waals surface area contributed by atoms with Crippen LogP contribution in [-0.2, 0) is 6.54 Å². The molecule has 4 heteroatoms. The fourth-order valence-corrected chi connectivity index (χ4v) is 3.04. The first-order chi connectivity index (χ1) is 8.83. The van der Waals surface area contributed by atoms with E-state index in [0.717, 1.165) is 30.7 Å². The molecule has 2 aliphatic rings. The topological polar surface area (TPSA) is 27.3 Å². The van der Waals surface area contributed by atoms with Crippen molar-refractivity contribution in [3.63, 3.8) is 0 Å². The first-order valence-corrected chi connectivity index (χ1v) is 7.08. The van der Waals surface area contributed by atoms with Crippen LogP contribution in [0.25, 0.3) is 0 Å². The molecule has 0 saturated carbocycles. The average molecular weight is 261 g/mol. The van der Waals surface area contributed by atoms with Crippen molar-refractivity contribution in [2.45, 2.75) is 19.4 Å². The predicted molar refractivity (Wildman–Crippen MR) is 78.7 cm³/mol. The van der Waals surface area contributed by atoms with Crippen LogP contribution in [0.2, 0.25) is 0 Å². The monoisotopic (exact) mass is 261 g/mol. The second-order valence-corrected chi connectivity index (χ2v) is 5.57. The average Bonchev–Trinajstić information content (AvgIpc) is 2.41. The third-order valence-corrected chi connectivity index (χ3v) is 4.15. The molecule has 0 aliphatic carbocycles. The number of nitrogens with one attached hydrogen (secondary N) is 2. The van der Waals surface area contributed by atoms with Gasteiger partial charge in [-0.15, -0.1) is 0 Å². The molecule has 0 radical (unpaired) electrons. The van der Waals surface area contributed by atoms with Crippen LogP contribution >= 0.6 is 12.2 Å². The van der Waals surface area contributed by atoms with Crippen LogP contribution in [0.5, 0.6) is 0 Å². The van der Waals surface area contributed by atoms with Crippen molar-refractivity contribution in [1.82, 2.24) is 10.2 Å². The predicted octanol–water partition coefficient (Wildman–Crippen LogP) is 2.20. The summed E-state index contributed by atoms with van der Waals surface area (Å²) in [5, 5.41) is 7.68. The van der Waals surface area contributed by atoms with Gasteiger partial charge in [0.1, 0.15) is 0 Å². The number of hydrogen-bond acceptors (Lipinski definition) is 2. The summed E-state index contributed by atoms with van der Waals surface area (Å²) >= 11 is 5.47. The van der Waals surface area contributed by atoms with Gasteiger partial charge in [-0.05, 0) is 55.7 Å². The van der Waals surface area contributed by atoms with Crippen LogP contribution in [0.15, 0.2) is 24.3 Å². The number of fused-ring (bicyclic) bond motifs is 1. The maximum Gasteiger partial charge on any atom is 0.173 e. The van der Waals surface area contributed by atoms with Gasteiger partial charge >= 0.3 is 0 Å². The minimum atomic E-state index is 0.726. The van der Waals surface area contributed by atoms with Crippen LogP contribution < -0.4 is 10.6 Å². The Morgan fingerprint density at radius 2 is 2.22 bits per heavy atom. The maximum absolute atomic E-state index is 5.47. The third-order valence-electron chi connectivity index (χ3n) is 3.78. The highest BCUT2D eigenvalue weighted by Crippen LogP contribution is 2.24. The first kappa shape index (κ1) is 11.9. The number of piperidine rings is 1. The van der Waals surface area contributed by atoms with Crippen LogP contribution in [0, 0.1) is 5.92 Å². The maximum atomic E-state index is 5.47. The normalized spacial score (nSPS) is 23.4. The molecule has 0 aromatic heterocycles. The summed E-state index contributed by atoms with van der Waals surface area (Å²) in [5.74, 6) is 0.726. The highest BCUT2D eigenvalue weighted by Gasteiger charge is 2.23. The minimum absolute atomic E-state index is 0.726. The molecule has 1 fully saturated rings. The Morgan fingerprint density at radius 3 is 3.06 bits per heavy atom. The highest BCUT2D eigenvalue weighted by atomic mass is 32.1. The molecule has 2 heterocycles. The van der Waals surface area contributed by atoms with Gasteiger partial charge in [-0.3, -0.25) is 0 Å². The Balaban J connectivity index is 1.68. The number of para-hydroxylation sites is 1. The fourth-order valence-electron chi connectivity index (χ4n) is 2.79. The molecule has 1 unspecified atom stereocenters.